The van der Waals surface area contributed by atoms with Gasteiger partial charge < -0.3 is 10.7 Å². The van der Waals surface area contributed by atoms with E-state index in [1.54, 1.807) is 18.2 Å². The van der Waals surface area contributed by atoms with Crippen LogP contribution in [0.4, 0.5) is 5.69 Å². The highest BCUT2D eigenvalue weighted by Crippen LogP contribution is 2.24. The summed E-state index contributed by atoms with van der Waals surface area (Å²) in [7, 11) is -3.47. The normalized spacial score (nSPS) is 12.4. The molecule has 0 radical (unpaired) electrons. The summed E-state index contributed by atoms with van der Waals surface area (Å²) in [5.74, 6) is 0.264. The zero-order valence-corrected chi connectivity index (χ0v) is 11.2. The maximum absolute atomic E-state index is 12.1. The van der Waals surface area contributed by atoms with Crippen molar-refractivity contribution in [3.8, 4) is 0 Å². The maximum atomic E-state index is 12.1. The fourth-order valence-electron chi connectivity index (χ4n) is 1.69. The molecule has 1 aromatic carbocycles. The van der Waals surface area contributed by atoms with Gasteiger partial charge in [0.2, 0.25) is 10.0 Å². The van der Waals surface area contributed by atoms with Gasteiger partial charge in [0.15, 0.2) is 0 Å². The molecule has 0 aliphatic rings. The molecule has 0 aliphatic carbocycles. The first kappa shape index (κ1) is 12.9. The lowest BCUT2D eigenvalue weighted by Crippen LogP contribution is -2.27. The molecule has 4 N–H and O–H groups in total. The Hall–Kier alpha value is -1.53. The Morgan fingerprint density at radius 1 is 1.39 bits per heavy atom. The number of anilines is 1. The van der Waals surface area contributed by atoms with Gasteiger partial charge in [0.1, 0.15) is 4.90 Å². The van der Waals surface area contributed by atoms with Crippen LogP contribution >= 0.6 is 0 Å². The second kappa shape index (κ2) is 4.62. The summed E-state index contributed by atoms with van der Waals surface area (Å²) in [6.07, 6.45) is 1.49. The van der Waals surface area contributed by atoms with Crippen molar-refractivity contribution in [3.63, 3.8) is 0 Å². The third kappa shape index (κ3) is 2.49. The monoisotopic (exact) mass is 267 g/mol. The molecule has 0 atom stereocenters. The highest BCUT2D eigenvalue weighted by atomic mass is 32.2. The van der Waals surface area contributed by atoms with Gasteiger partial charge >= 0.3 is 0 Å². The van der Waals surface area contributed by atoms with Crippen molar-refractivity contribution in [3.05, 3.63) is 24.4 Å². The standard InChI is InChI=1S/C12H17N3O2S/c1-8(2)6-15-18(16,17)12-7-14-11-5-9(13)3-4-10(11)12/h3-5,7-8,14-15H,6,13H2,1-2H3. The first-order valence-electron chi connectivity index (χ1n) is 5.76. The van der Waals surface area contributed by atoms with Crippen LogP contribution in [-0.2, 0) is 10.0 Å². The van der Waals surface area contributed by atoms with Crippen molar-refractivity contribution in [2.45, 2.75) is 18.7 Å². The molecular weight excluding hydrogens is 250 g/mol. The molecule has 0 saturated carbocycles. The first-order chi connectivity index (χ1) is 8.40. The third-order valence-corrected chi connectivity index (χ3v) is 4.10. The van der Waals surface area contributed by atoms with Gasteiger partial charge in [0.05, 0.1) is 0 Å². The number of hydrogen-bond donors (Lipinski definition) is 3. The Bertz CT molecular complexity index is 659. The van der Waals surface area contributed by atoms with Gasteiger partial charge in [-0.3, -0.25) is 0 Å². The molecule has 5 nitrogen and oxygen atoms in total. The van der Waals surface area contributed by atoms with Gasteiger partial charge in [-0.1, -0.05) is 13.8 Å². The van der Waals surface area contributed by atoms with Crippen molar-refractivity contribution in [1.82, 2.24) is 9.71 Å². The molecule has 0 aliphatic heterocycles. The van der Waals surface area contributed by atoms with E-state index >= 15 is 0 Å². The van der Waals surface area contributed by atoms with E-state index < -0.39 is 10.0 Å². The number of aromatic nitrogens is 1. The van der Waals surface area contributed by atoms with E-state index in [4.69, 9.17) is 5.73 Å². The smallest absolute Gasteiger partial charge is 0.242 e. The molecule has 98 valence electrons. The predicted molar refractivity (Wildman–Crippen MR) is 72.7 cm³/mol. The quantitative estimate of drug-likeness (QED) is 0.736. The van der Waals surface area contributed by atoms with E-state index in [-0.39, 0.29) is 10.8 Å². The van der Waals surface area contributed by atoms with E-state index in [1.807, 2.05) is 13.8 Å². The number of sulfonamides is 1. The van der Waals surface area contributed by atoms with Gasteiger partial charge in [0.25, 0.3) is 0 Å². The summed E-state index contributed by atoms with van der Waals surface area (Å²) in [6.45, 7) is 4.33. The topological polar surface area (TPSA) is 88.0 Å². The largest absolute Gasteiger partial charge is 0.399 e. The third-order valence-electron chi connectivity index (χ3n) is 2.64. The molecular formula is C12H17N3O2S. The Kier molecular flexibility index (Phi) is 3.32. The maximum Gasteiger partial charge on any atom is 0.242 e. The Morgan fingerprint density at radius 2 is 2.11 bits per heavy atom. The molecule has 18 heavy (non-hydrogen) atoms. The van der Waals surface area contributed by atoms with Crippen LogP contribution in [0.25, 0.3) is 10.9 Å². The Morgan fingerprint density at radius 3 is 2.78 bits per heavy atom. The van der Waals surface area contributed by atoms with Crippen LogP contribution in [0.15, 0.2) is 29.3 Å². The van der Waals surface area contributed by atoms with Crippen LogP contribution in [0, 0.1) is 5.92 Å². The molecule has 0 fully saturated rings. The molecule has 0 unspecified atom stereocenters. The van der Waals surface area contributed by atoms with Crippen LogP contribution in [0.2, 0.25) is 0 Å². The van der Waals surface area contributed by atoms with Crippen molar-refractivity contribution < 1.29 is 8.42 Å². The molecule has 2 rings (SSSR count). The van der Waals surface area contributed by atoms with Gasteiger partial charge in [-0.2, -0.15) is 0 Å². The van der Waals surface area contributed by atoms with Crippen molar-refractivity contribution in [2.24, 2.45) is 5.92 Å². The van der Waals surface area contributed by atoms with Crippen molar-refractivity contribution in [1.29, 1.82) is 0 Å². The highest BCUT2D eigenvalue weighted by Gasteiger charge is 2.18. The number of nitrogens with one attached hydrogen (secondary N) is 2. The second-order valence-corrected chi connectivity index (χ2v) is 6.44. The summed E-state index contributed by atoms with van der Waals surface area (Å²) < 4.78 is 26.9. The lowest BCUT2D eigenvalue weighted by Gasteiger charge is -2.07. The van der Waals surface area contributed by atoms with E-state index in [9.17, 15) is 8.42 Å². The number of rotatable bonds is 4. The number of fused-ring (bicyclic) bond motifs is 1. The first-order valence-corrected chi connectivity index (χ1v) is 7.25. The fraction of sp³-hybridized carbons (Fsp3) is 0.333. The minimum absolute atomic E-state index is 0.262. The van der Waals surface area contributed by atoms with Crippen LogP contribution in [-0.4, -0.2) is 19.9 Å². The van der Waals surface area contributed by atoms with Gasteiger partial charge in [-0.15, -0.1) is 0 Å². The molecule has 0 spiro atoms. The number of nitrogens with two attached hydrogens (primary N) is 1. The summed E-state index contributed by atoms with van der Waals surface area (Å²) in [6, 6.07) is 5.12. The van der Waals surface area contributed by atoms with E-state index in [0.717, 1.165) is 5.52 Å². The zero-order chi connectivity index (χ0) is 13.3. The van der Waals surface area contributed by atoms with E-state index in [2.05, 4.69) is 9.71 Å². The fourth-order valence-corrected chi connectivity index (χ4v) is 3.08. The lowest BCUT2D eigenvalue weighted by atomic mass is 10.2. The molecule has 0 bridgehead atoms. The van der Waals surface area contributed by atoms with Gasteiger partial charge in [-0.05, 0) is 24.1 Å². The average Bonchev–Trinajstić information content (AvgIpc) is 2.70. The Balaban J connectivity index is 2.42. The van der Waals surface area contributed by atoms with Crippen molar-refractivity contribution >= 4 is 26.6 Å². The van der Waals surface area contributed by atoms with Crippen molar-refractivity contribution in [2.75, 3.05) is 12.3 Å². The minimum atomic E-state index is -3.47. The minimum Gasteiger partial charge on any atom is -0.399 e. The number of hydrogen-bond acceptors (Lipinski definition) is 3. The van der Waals surface area contributed by atoms with Crippen LogP contribution in [0.1, 0.15) is 13.8 Å². The highest BCUT2D eigenvalue weighted by molar-refractivity contribution is 7.89. The summed E-state index contributed by atoms with van der Waals surface area (Å²) >= 11 is 0. The summed E-state index contributed by atoms with van der Waals surface area (Å²) in [5.41, 5.74) is 6.98. The van der Waals surface area contributed by atoms with Crippen LogP contribution in [0.3, 0.4) is 0 Å². The SMILES string of the molecule is CC(C)CNS(=O)(=O)c1c[nH]c2cc(N)ccc12. The molecule has 0 saturated heterocycles. The number of nitrogen functional groups attached to an aromatic ring is 1. The number of benzene rings is 1. The second-order valence-electron chi connectivity index (χ2n) is 4.70. The van der Waals surface area contributed by atoms with Gasteiger partial charge in [0, 0.05) is 29.3 Å². The summed E-state index contributed by atoms with van der Waals surface area (Å²) in [4.78, 5) is 3.19. The number of H-pyrrole nitrogens is 1. The molecule has 1 heterocycles. The molecule has 0 amide bonds. The van der Waals surface area contributed by atoms with E-state index in [0.29, 0.717) is 17.6 Å². The lowest BCUT2D eigenvalue weighted by molar-refractivity contribution is 0.561. The molecule has 2 aromatic rings. The molecule has 1 aromatic heterocycles. The van der Waals surface area contributed by atoms with Crippen LogP contribution in [0.5, 0.6) is 0 Å². The molecule has 6 heteroatoms. The van der Waals surface area contributed by atoms with Gasteiger partial charge in [-0.25, -0.2) is 13.1 Å². The zero-order valence-electron chi connectivity index (χ0n) is 10.4. The summed E-state index contributed by atoms with van der Waals surface area (Å²) in [5, 5.41) is 0.653. The van der Waals surface area contributed by atoms with Crippen LogP contribution < -0.4 is 10.5 Å². The van der Waals surface area contributed by atoms with E-state index in [1.165, 1.54) is 6.20 Å². The number of aromatic amines is 1. The average molecular weight is 267 g/mol. The predicted octanol–water partition coefficient (Wildman–Crippen LogP) is 1.68. The Labute approximate surface area is 106 Å².